The maximum atomic E-state index is 12.8. The van der Waals surface area contributed by atoms with Gasteiger partial charge in [-0.1, -0.05) is 48.5 Å². The van der Waals surface area contributed by atoms with Gasteiger partial charge >= 0.3 is 0 Å². The van der Waals surface area contributed by atoms with Crippen LogP contribution >= 0.6 is 0 Å². The molecule has 0 atom stereocenters. The highest BCUT2D eigenvalue weighted by molar-refractivity contribution is 8.00. The molecule has 0 unspecified atom stereocenters. The molecule has 0 spiro atoms. The van der Waals surface area contributed by atoms with Crippen LogP contribution in [0.5, 0.6) is 0 Å². The van der Waals surface area contributed by atoms with Gasteiger partial charge in [-0.3, -0.25) is 0 Å². The van der Waals surface area contributed by atoms with E-state index >= 15 is 0 Å². The third kappa shape index (κ3) is 3.44. The van der Waals surface area contributed by atoms with E-state index in [1.54, 1.807) is 0 Å². The molecule has 2 aromatic carbocycles. The normalized spacial score (nSPS) is 15.9. The third-order valence-electron chi connectivity index (χ3n) is 4.81. The first-order chi connectivity index (χ1) is 12.3. The summed E-state index contributed by atoms with van der Waals surface area (Å²) in [6, 6.07) is 15.8. The molecule has 0 fully saturated rings. The molecule has 136 valence electrons. The summed E-state index contributed by atoms with van der Waals surface area (Å²) in [5.74, 6) is 0.546. The fourth-order valence-electron chi connectivity index (χ4n) is 3.21. The second-order valence-corrected chi connectivity index (χ2v) is 8.18. The van der Waals surface area contributed by atoms with Gasteiger partial charge in [0.15, 0.2) is 0 Å². The monoisotopic (exact) mass is 368 g/mol. The lowest BCUT2D eigenvalue weighted by Gasteiger charge is -2.23. The number of nitrogens with zero attached hydrogens (tertiary/aromatic N) is 2. The Hall–Kier alpha value is -2.40. The summed E-state index contributed by atoms with van der Waals surface area (Å²) < 4.78 is 29.7. The lowest BCUT2D eigenvalue weighted by molar-refractivity contribution is 0.436. The number of sulfonamides is 1. The minimum atomic E-state index is -3.69. The Morgan fingerprint density at radius 3 is 2.27 bits per heavy atom. The van der Waals surface area contributed by atoms with Gasteiger partial charge in [0.25, 0.3) is 10.0 Å². The molecule has 0 aliphatic carbocycles. The number of rotatable bonds is 4. The smallest absolute Gasteiger partial charge is 0.285 e. The van der Waals surface area contributed by atoms with Crippen LogP contribution in [0.1, 0.15) is 36.1 Å². The van der Waals surface area contributed by atoms with E-state index in [9.17, 15) is 8.42 Å². The molecule has 1 aliphatic rings. The average molecular weight is 369 g/mol. The van der Waals surface area contributed by atoms with Gasteiger partial charge in [0, 0.05) is 18.7 Å². The molecule has 3 rings (SSSR count). The summed E-state index contributed by atoms with van der Waals surface area (Å²) in [7, 11) is -3.69. The summed E-state index contributed by atoms with van der Waals surface area (Å²) in [6.45, 7) is 9.18. The van der Waals surface area contributed by atoms with Gasteiger partial charge < -0.3 is 4.90 Å². The predicted octanol–water partition coefficient (Wildman–Crippen LogP) is 4.30. The van der Waals surface area contributed by atoms with Crippen molar-refractivity contribution in [3.63, 3.8) is 0 Å². The average Bonchev–Trinajstić information content (AvgIpc) is 2.85. The molecule has 0 saturated carbocycles. The number of likely N-dealkylation sites (N-methyl/N-ethyl adjacent to an activating group) is 1. The largest absolute Gasteiger partial charge is 0.352 e. The molecule has 26 heavy (non-hydrogen) atoms. The van der Waals surface area contributed by atoms with Crippen LogP contribution in [-0.4, -0.2) is 25.7 Å². The second kappa shape index (κ2) is 7.08. The Kier molecular flexibility index (Phi) is 5.01. The molecule has 5 heteroatoms. The summed E-state index contributed by atoms with van der Waals surface area (Å²) in [5, 5.41) is 0. The van der Waals surface area contributed by atoms with Crippen molar-refractivity contribution in [2.45, 2.75) is 34.2 Å². The van der Waals surface area contributed by atoms with Crippen molar-refractivity contribution >= 4 is 20.8 Å². The molecule has 2 aromatic rings. The molecular formula is C21H24N2O2S. The number of hydrogen-bond donors (Lipinski definition) is 0. The number of hydrogen-bond acceptors (Lipinski definition) is 3. The topological polar surface area (TPSA) is 49.7 Å². The summed E-state index contributed by atoms with van der Waals surface area (Å²) in [5.41, 5.74) is 4.76. The molecule has 0 saturated heterocycles. The summed E-state index contributed by atoms with van der Waals surface area (Å²) in [6.07, 6.45) is 0. The van der Waals surface area contributed by atoms with E-state index in [4.69, 9.17) is 0 Å². The van der Waals surface area contributed by atoms with Crippen molar-refractivity contribution in [3.05, 3.63) is 76.4 Å². The highest BCUT2D eigenvalue weighted by Gasteiger charge is 2.33. The minimum absolute atomic E-state index is 0.321. The molecular weight excluding hydrogens is 344 g/mol. The Balaban J connectivity index is 2.02. The second-order valence-electron chi connectivity index (χ2n) is 6.64. The molecule has 0 bridgehead atoms. The maximum absolute atomic E-state index is 12.8. The standard InChI is InChI=1S/C21H24N2O2S/c1-5-23(14-18-9-7-6-8-10-18)21-17(4)20(26(24,25)22-21)19-12-11-15(2)16(3)13-19/h6-13H,5,14H2,1-4H3. The van der Waals surface area contributed by atoms with Gasteiger partial charge in [-0.05, 0) is 49.9 Å². The lowest BCUT2D eigenvalue weighted by Crippen LogP contribution is -2.30. The van der Waals surface area contributed by atoms with Crippen LogP contribution in [-0.2, 0) is 16.6 Å². The van der Waals surface area contributed by atoms with Crippen LogP contribution in [0, 0.1) is 13.8 Å². The molecule has 0 aromatic heterocycles. The van der Waals surface area contributed by atoms with E-state index in [-0.39, 0.29) is 0 Å². The van der Waals surface area contributed by atoms with Crippen molar-refractivity contribution in [3.8, 4) is 0 Å². The minimum Gasteiger partial charge on any atom is -0.352 e. The van der Waals surface area contributed by atoms with Crippen LogP contribution in [0.4, 0.5) is 0 Å². The van der Waals surface area contributed by atoms with E-state index < -0.39 is 10.0 Å². The molecule has 0 N–H and O–H groups in total. The zero-order chi connectivity index (χ0) is 18.9. The first-order valence-corrected chi connectivity index (χ1v) is 10.2. The van der Waals surface area contributed by atoms with Crippen molar-refractivity contribution < 1.29 is 8.42 Å². The van der Waals surface area contributed by atoms with E-state index in [1.807, 2.05) is 81.1 Å². The Labute approximate surface area is 155 Å². The van der Waals surface area contributed by atoms with E-state index in [0.29, 0.717) is 35.0 Å². The highest BCUT2D eigenvalue weighted by Crippen LogP contribution is 2.34. The lowest BCUT2D eigenvalue weighted by atomic mass is 10.0. The van der Waals surface area contributed by atoms with Gasteiger partial charge in [0.05, 0.1) is 0 Å². The van der Waals surface area contributed by atoms with Crippen LogP contribution in [0.25, 0.3) is 4.91 Å². The summed E-state index contributed by atoms with van der Waals surface area (Å²) in [4.78, 5) is 2.33. The molecule has 1 aliphatic heterocycles. The van der Waals surface area contributed by atoms with Crippen LogP contribution in [0.15, 0.2) is 58.5 Å². The summed E-state index contributed by atoms with van der Waals surface area (Å²) >= 11 is 0. The molecule has 4 nitrogen and oxygen atoms in total. The van der Waals surface area contributed by atoms with Crippen LogP contribution in [0.3, 0.4) is 0 Å². The van der Waals surface area contributed by atoms with Crippen molar-refractivity contribution in [1.82, 2.24) is 4.90 Å². The van der Waals surface area contributed by atoms with Crippen molar-refractivity contribution in [1.29, 1.82) is 0 Å². The van der Waals surface area contributed by atoms with Crippen LogP contribution in [0.2, 0.25) is 0 Å². The number of aryl methyl sites for hydroxylation is 2. The first kappa shape index (κ1) is 18.4. The van der Waals surface area contributed by atoms with Gasteiger partial charge in [-0.25, -0.2) is 0 Å². The SMILES string of the molecule is CCN(Cc1ccccc1)C1=NS(=O)(=O)C(c2ccc(C)c(C)c2)=C1C. The van der Waals surface area contributed by atoms with Gasteiger partial charge in [0.1, 0.15) is 10.7 Å². The Morgan fingerprint density at radius 1 is 0.962 bits per heavy atom. The molecule has 0 radical (unpaired) electrons. The van der Waals surface area contributed by atoms with E-state index in [2.05, 4.69) is 4.40 Å². The highest BCUT2D eigenvalue weighted by atomic mass is 32.2. The predicted molar refractivity (Wildman–Crippen MR) is 107 cm³/mol. The molecule has 0 amide bonds. The Bertz CT molecular complexity index is 990. The van der Waals surface area contributed by atoms with Gasteiger partial charge in [-0.2, -0.15) is 8.42 Å². The van der Waals surface area contributed by atoms with Crippen molar-refractivity contribution in [2.75, 3.05) is 6.54 Å². The zero-order valence-corrected chi connectivity index (χ0v) is 16.5. The quantitative estimate of drug-likeness (QED) is 0.808. The third-order valence-corrected chi connectivity index (χ3v) is 6.28. The fourth-order valence-corrected chi connectivity index (χ4v) is 4.68. The van der Waals surface area contributed by atoms with E-state index in [0.717, 1.165) is 16.7 Å². The van der Waals surface area contributed by atoms with Gasteiger partial charge in [-0.15, -0.1) is 4.40 Å². The fraction of sp³-hybridized carbons (Fsp3) is 0.286. The van der Waals surface area contributed by atoms with Gasteiger partial charge in [0.2, 0.25) is 0 Å². The Morgan fingerprint density at radius 2 is 1.65 bits per heavy atom. The van der Waals surface area contributed by atoms with Crippen LogP contribution < -0.4 is 0 Å². The maximum Gasteiger partial charge on any atom is 0.285 e. The number of amidine groups is 1. The first-order valence-electron chi connectivity index (χ1n) is 8.76. The molecule has 1 heterocycles. The zero-order valence-electron chi connectivity index (χ0n) is 15.7. The van der Waals surface area contributed by atoms with E-state index in [1.165, 1.54) is 0 Å². The number of benzene rings is 2. The van der Waals surface area contributed by atoms with Crippen molar-refractivity contribution in [2.24, 2.45) is 4.40 Å².